The average Bonchev–Trinajstić information content (AvgIpc) is 1.99. The van der Waals surface area contributed by atoms with Gasteiger partial charge in [-0.05, 0) is 73.8 Å². The predicted molar refractivity (Wildman–Crippen MR) is 83.1 cm³/mol. The van der Waals surface area contributed by atoms with Gasteiger partial charge in [0.15, 0.2) is 0 Å². The predicted octanol–water partition coefficient (Wildman–Crippen LogP) is 2.13. The molecule has 1 aromatic rings. The van der Waals surface area contributed by atoms with E-state index in [0.29, 0.717) is 18.4 Å². The zero-order valence-corrected chi connectivity index (χ0v) is 12.6. The monoisotopic (exact) mass is 539 g/mol. The van der Waals surface area contributed by atoms with E-state index in [-0.39, 0.29) is 29.6 Å². The fraction of sp³-hybridized carbons (Fsp3) is 0. The molecule has 7 heteroatoms. The van der Waals surface area contributed by atoms with E-state index < -0.39 is 5.97 Å². The van der Waals surface area contributed by atoms with Crippen molar-refractivity contribution in [2.75, 3.05) is 5.73 Å². The van der Waals surface area contributed by atoms with Gasteiger partial charge in [0.25, 0.3) is 0 Å². The Balaban J connectivity index is 0.00000169. The van der Waals surface area contributed by atoms with E-state index in [0.717, 1.165) is 3.57 Å². The molecule has 72 valence electrons. The molecule has 0 aromatic heterocycles. The number of anilines is 1. The standard InChI is InChI=1S/C7H4I3NO2.Na.H/c8-2-1-3(9)6(11)5(10)4(2)7(12)13;;/h1H,11H2,(H,12,13);;. The molecule has 0 radical (unpaired) electrons. The van der Waals surface area contributed by atoms with E-state index in [1.54, 1.807) is 6.07 Å². The number of hydrogen-bond donors (Lipinski definition) is 2. The maximum atomic E-state index is 10.8. The van der Waals surface area contributed by atoms with Gasteiger partial charge in [-0.2, -0.15) is 0 Å². The number of carboxylic acid groups (broad SMARTS) is 1. The van der Waals surface area contributed by atoms with Crippen molar-refractivity contribution in [2.24, 2.45) is 0 Å². The number of nitrogen functional groups attached to an aromatic ring is 1. The molecular weight excluding hydrogens is 534 g/mol. The van der Waals surface area contributed by atoms with Crippen LogP contribution in [-0.2, 0) is 0 Å². The number of nitrogens with two attached hydrogens (primary N) is 1. The SMILES string of the molecule is Nc1c(I)cc(I)c(C(=O)O)c1I.[NaH]. The number of hydrogen-bond acceptors (Lipinski definition) is 2. The molecule has 14 heavy (non-hydrogen) atoms. The third-order valence-electron chi connectivity index (χ3n) is 1.42. The van der Waals surface area contributed by atoms with Gasteiger partial charge in [0.1, 0.15) is 0 Å². The van der Waals surface area contributed by atoms with E-state index in [4.69, 9.17) is 10.8 Å². The first-order valence-electron chi connectivity index (χ1n) is 3.11. The molecule has 3 nitrogen and oxygen atoms in total. The van der Waals surface area contributed by atoms with Crippen LogP contribution in [0.1, 0.15) is 10.4 Å². The fourth-order valence-electron chi connectivity index (χ4n) is 0.802. The molecule has 0 spiro atoms. The maximum absolute atomic E-state index is 10.8. The summed E-state index contributed by atoms with van der Waals surface area (Å²) >= 11 is 6.04. The first-order valence-corrected chi connectivity index (χ1v) is 6.35. The van der Waals surface area contributed by atoms with Crippen LogP contribution in [0.25, 0.3) is 0 Å². The number of carbonyl (C=O) groups is 1. The molecule has 1 rings (SSSR count). The van der Waals surface area contributed by atoms with Gasteiger partial charge in [0.2, 0.25) is 0 Å². The Bertz CT molecular complexity index is 384. The minimum absolute atomic E-state index is 0. The second kappa shape index (κ2) is 6.42. The van der Waals surface area contributed by atoms with Crippen molar-refractivity contribution in [3.8, 4) is 0 Å². The molecule has 0 unspecified atom stereocenters. The molecule has 0 saturated carbocycles. The number of aromatic carboxylic acids is 1. The van der Waals surface area contributed by atoms with Crippen LogP contribution in [0.15, 0.2) is 6.07 Å². The normalized spacial score (nSPS) is 9.36. The second-order valence-electron chi connectivity index (χ2n) is 2.25. The topological polar surface area (TPSA) is 63.3 Å². The summed E-state index contributed by atoms with van der Waals surface area (Å²) in [5.41, 5.74) is 6.54. The first-order chi connectivity index (χ1) is 5.95. The fourth-order valence-corrected chi connectivity index (χ4v) is 4.63. The molecule has 0 saturated heterocycles. The molecule has 0 heterocycles. The van der Waals surface area contributed by atoms with Crippen molar-refractivity contribution >= 4 is 109 Å². The van der Waals surface area contributed by atoms with Crippen molar-refractivity contribution < 1.29 is 9.90 Å². The molecule has 0 atom stereocenters. The molecule has 0 amide bonds. The van der Waals surface area contributed by atoms with Gasteiger partial charge in [-0.15, -0.1) is 0 Å². The van der Waals surface area contributed by atoms with Crippen LogP contribution in [0.3, 0.4) is 0 Å². The van der Waals surface area contributed by atoms with Crippen LogP contribution >= 0.6 is 67.8 Å². The van der Waals surface area contributed by atoms with Crippen molar-refractivity contribution in [3.63, 3.8) is 0 Å². The summed E-state index contributed by atoms with van der Waals surface area (Å²) in [6.45, 7) is 0. The quantitative estimate of drug-likeness (QED) is 0.327. The Kier molecular flexibility index (Phi) is 7.19. The van der Waals surface area contributed by atoms with Crippen molar-refractivity contribution in [2.45, 2.75) is 0 Å². The van der Waals surface area contributed by atoms with Gasteiger partial charge in [0.05, 0.1) is 14.8 Å². The Hall–Kier alpha value is 1.68. The molecular formula is C7H5I3NNaO2. The number of rotatable bonds is 1. The number of benzene rings is 1. The van der Waals surface area contributed by atoms with E-state index in [9.17, 15) is 4.79 Å². The second-order valence-corrected chi connectivity index (χ2v) is 5.65. The summed E-state index contributed by atoms with van der Waals surface area (Å²) < 4.78 is 2.21. The summed E-state index contributed by atoms with van der Waals surface area (Å²) in [7, 11) is 0. The van der Waals surface area contributed by atoms with E-state index in [2.05, 4.69) is 22.6 Å². The van der Waals surface area contributed by atoms with Crippen molar-refractivity contribution in [3.05, 3.63) is 22.3 Å². The van der Waals surface area contributed by atoms with E-state index >= 15 is 0 Å². The van der Waals surface area contributed by atoms with Crippen LogP contribution in [0.5, 0.6) is 0 Å². The Morgan fingerprint density at radius 2 is 1.79 bits per heavy atom. The molecule has 0 aliphatic carbocycles. The molecule has 1 aromatic carbocycles. The molecule has 0 fully saturated rings. The van der Waals surface area contributed by atoms with Crippen molar-refractivity contribution in [1.29, 1.82) is 0 Å². The van der Waals surface area contributed by atoms with Crippen LogP contribution in [-0.4, -0.2) is 40.6 Å². The van der Waals surface area contributed by atoms with Gasteiger partial charge < -0.3 is 10.8 Å². The first kappa shape index (κ1) is 15.7. The van der Waals surface area contributed by atoms with Crippen LogP contribution in [0.4, 0.5) is 5.69 Å². The zero-order chi connectivity index (χ0) is 10.2. The third-order valence-corrected chi connectivity index (χ3v) is 4.28. The average molecular weight is 539 g/mol. The van der Waals surface area contributed by atoms with E-state index in [1.807, 2.05) is 45.2 Å². The van der Waals surface area contributed by atoms with Gasteiger partial charge >= 0.3 is 35.5 Å². The van der Waals surface area contributed by atoms with Gasteiger partial charge in [0, 0.05) is 7.14 Å². The zero-order valence-electron chi connectivity index (χ0n) is 6.14. The van der Waals surface area contributed by atoms with Crippen LogP contribution < -0.4 is 5.73 Å². The summed E-state index contributed by atoms with van der Waals surface area (Å²) in [4.78, 5) is 10.8. The molecule has 3 N–H and O–H groups in total. The van der Waals surface area contributed by atoms with E-state index in [1.165, 1.54) is 0 Å². The molecule has 0 bridgehead atoms. The minimum atomic E-state index is -0.933. The summed E-state index contributed by atoms with van der Waals surface area (Å²) in [5, 5.41) is 8.89. The van der Waals surface area contributed by atoms with Crippen LogP contribution in [0.2, 0.25) is 0 Å². The van der Waals surface area contributed by atoms with Gasteiger partial charge in [-0.25, -0.2) is 4.79 Å². The summed E-state index contributed by atoms with van der Waals surface area (Å²) in [6, 6.07) is 1.77. The Morgan fingerprint density at radius 1 is 1.29 bits per heavy atom. The van der Waals surface area contributed by atoms with Gasteiger partial charge in [-0.1, -0.05) is 0 Å². The number of carboxylic acids is 1. The molecule has 0 aliphatic rings. The Labute approximate surface area is 144 Å². The third kappa shape index (κ3) is 3.34. The summed E-state index contributed by atoms with van der Waals surface area (Å²) in [5.74, 6) is -0.933. The van der Waals surface area contributed by atoms with Gasteiger partial charge in [-0.3, -0.25) is 0 Å². The molecule has 0 aliphatic heterocycles. The van der Waals surface area contributed by atoms with Crippen molar-refractivity contribution in [1.82, 2.24) is 0 Å². The summed E-state index contributed by atoms with van der Waals surface area (Å²) in [6.07, 6.45) is 0. The Morgan fingerprint density at radius 3 is 2.21 bits per heavy atom. The number of halogens is 3. The van der Waals surface area contributed by atoms with Crippen LogP contribution in [0, 0.1) is 10.7 Å².